The zero-order chi connectivity index (χ0) is 8.85. The van der Waals surface area contributed by atoms with E-state index in [2.05, 4.69) is 26.1 Å². The van der Waals surface area contributed by atoms with Crippen LogP contribution < -0.4 is 5.32 Å². The molecule has 0 atom stereocenters. The molecule has 1 aliphatic rings. The number of thiocarbonyl (C=S) groups is 2. The van der Waals surface area contributed by atoms with Crippen LogP contribution in [0.25, 0.3) is 0 Å². The molecule has 0 aliphatic carbocycles. The minimum absolute atomic E-state index is 0.777. The number of hydrogen-bond donors (Lipinski definition) is 1. The second kappa shape index (κ2) is 5.91. The lowest BCUT2D eigenvalue weighted by Crippen LogP contribution is -2.10. The van der Waals surface area contributed by atoms with E-state index in [-0.39, 0.29) is 0 Å². The number of thioether (sulfide) groups is 1. The highest BCUT2D eigenvalue weighted by Gasteiger charge is 2.09. The van der Waals surface area contributed by atoms with Gasteiger partial charge in [0.2, 0.25) is 0 Å². The van der Waals surface area contributed by atoms with Gasteiger partial charge in [-0.1, -0.05) is 57.0 Å². The largest absolute Gasteiger partial charge is 0.365 e. The minimum atomic E-state index is 0.777. The predicted molar refractivity (Wildman–Crippen MR) is 61.3 cm³/mol. The molecule has 1 rings (SSSR count). The van der Waals surface area contributed by atoms with Gasteiger partial charge in [0.15, 0.2) is 0 Å². The van der Waals surface area contributed by atoms with Crippen molar-refractivity contribution in [3.63, 3.8) is 0 Å². The Hall–Kier alpha value is 0.330. The van der Waals surface area contributed by atoms with Gasteiger partial charge in [-0.25, -0.2) is 0 Å². The number of rotatable bonds is 0. The van der Waals surface area contributed by atoms with E-state index in [1.165, 1.54) is 11.8 Å². The summed E-state index contributed by atoms with van der Waals surface area (Å²) in [6.07, 6.45) is 0. The van der Waals surface area contributed by atoms with Crippen molar-refractivity contribution >= 4 is 44.7 Å². The molecule has 1 aliphatic heterocycles. The Morgan fingerprint density at radius 2 is 1.82 bits per heavy atom. The van der Waals surface area contributed by atoms with E-state index in [1.807, 2.05) is 0 Å². The fraction of sp³-hybridized carbons (Fsp3) is 0.714. The van der Waals surface area contributed by atoms with Crippen molar-refractivity contribution in [3.05, 3.63) is 0 Å². The lowest BCUT2D eigenvalue weighted by Gasteiger charge is -1.81. The van der Waals surface area contributed by atoms with Crippen LogP contribution in [0.2, 0.25) is 0 Å². The lowest BCUT2D eigenvalue weighted by molar-refractivity contribution is 0.737. The van der Waals surface area contributed by atoms with Crippen LogP contribution >= 0.6 is 36.2 Å². The predicted octanol–water partition coefficient (Wildman–Crippen LogP) is 2.60. The summed E-state index contributed by atoms with van der Waals surface area (Å²) in [7, 11) is 0. The molecule has 0 unspecified atom stereocenters. The van der Waals surface area contributed by atoms with Crippen molar-refractivity contribution in [2.24, 2.45) is 5.92 Å². The molecule has 1 fully saturated rings. The topological polar surface area (TPSA) is 12.0 Å². The van der Waals surface area contributed by atoms with E-state index in [0.29, 0.717) is 0 Å². The minimum Gasteiger partial charge on any atom is -0.365 e. The van der Waals surface area contributed by atoms with Crippen molar-refractivity contribution in [2.45, 2.75) is 20.8 Å². The normalized spacial score (nSPS) is 16.0. The Morgan fingerprint density at radius 1 is 1.36 bits per heavy atom. The SMILES string of the molecule is CC(C)C.S=C1CNC(=S)S1. The van der Waals surface area contributed by atoms with Crippen LogP contribution in [0.5, 0.6) is 0 Å². The summed E-state index contributed by atoms with van der Waals surface area (Å²) in [5.41, 5.74) is 0. The standard InChI is InChI=1S/C4H10.C3H3NS3/c1-4(2)3;5-2-1-4-3(6)7-2/h4H,1-3H3;1H2,(H,4,6). The van der Waals surface area contributed by atoms with Crippen molar-refractivity contribution in [1.29, 1.82) is 0 Å². The van der Waals surface area contributed by atoms with E-state index < -0.39 is 0 Å². The first-order valence-electron chi connectivity index (χ1n) is 3.51. The van der Waals surface area contributed by atoms with Crippen LogP contribution in [0, 0.1) is 5.92 Å². The van der Waals surface area contributed by atoms with Gasteiger partial charge < -0.3 is 5.32 Å². The quantitative estimate of drug-likeness (QED) is 0.612. The van der Waals surface area contributed by atoms with E-state index in [4.69, 9.17) is 24.4 Å². The molecule has 0 amide bonds. The van der Waals surface area contributed by atoms with Crippen molar-refractivity contribution < 1.29 is 0 Å². The Bertz CT molecular complexity index is 137. The van der Waals surface area contributed by atoms with E-state index in [9.17, 15) is 0 Å². The van der Waals surface area contributed by atoms with Gasteiger partial charge in [-0.15, -0.1) is 0 Å². The second-order valence-electron chi connectivity index (χ2n) is 2.85. The van der Waals surface area contributed by atoms with Gasteiger partial charge in [-0.3, -0.25) is 0 Å². The Balaban J connectivity index is 0.000000218. The molecule has 0 aromatic rings. The first-order chi connectivity index (χ1) is 5.02. The zero-order valence-electron chi connectivity index (χ0n) is 7.01. The second-order valence-corrected chi connectivity index (χ2v) is 5.37. The molecular weight excluding hydrogens is 194 g/mol. The summed E-state index contributed by atoms with van der Waals surface area (Å²) in [6.45, 7) is 7.28. The highest BCUT2D eigenvalue weighted by atomic mass is 32.2. The maximum absolute atomic E-state index is 4.81. The first kappa shape index (κ1) is 11.3. The van der Waals surface area contributed by atoms with Crippen LogP contribution in [0.3, 0.4) is 0 Å². The average Bonchev–Trinajstić information content (AvgIpc) is 2.13. The Kier molecular flexibility index (Phi) is 6.09. The average molecular weight is 207 g/mol. The molecule has 0 aromatic carbocycles. The summed E-state index contributed by atoms with van der Waals surface area (Å²) in [5.74, 6) is 0.833. The first-order valence-corrected chi connectivity index (χ1v) is 5.14. The van der Waals surface area contributed by atoms with Crippen molar-refractivity contribution in [2.75, 3.05) is 6.54 Å². The molecule has 4 heteroatoms. The van der Waals surface area contributed by atoms with Gasteiger partial charge >= 0.3 is 0 Å². The van der Waals surface area contributed by atoms with Gasteiger partial charge in [-0.05, 0) is 5.92 Å². The third kappa shape index (κ3) is 8.23. The van der Waals surface area contributed by atoms with Crippen molar-refractivity contribution in [3.8, 4) is 0 Å². The molecule has 1 heterocycles. The van der Waals surface area contributed by atoms with Crippen molar-refractivity contribution in [1.82, 2.24) is 5.32 Å². The van der Waals surface area contributed by atoms with Crippen LogP contribution in [0.1, 0.15) is 20.8 Å². The number of hydrogen-bond acceptors (Lipinski definition) is 3. The maximum Gasteiger partial charge on any atom is 0.139 e. The molecule has 1 N–H and O–H groups in total. The van der Waals surface area contributed by atoms with E-state index in [1.54, 1.807) is 0 Å². The molecular formula is C7H13NS3. The fourth-order valence-corrected chi connectivity index (χ4v) is 1.67. The molecule has 0 aromatic heterocycles. The molecule has 0 spiro atoms. The third-order valence-corrected chi connectivity index (χ3v) is 2.07. The molecule has 0 bridgehead atoms. The Morgan fingerprint density at radius 3 is 1.91 bits per heavy atom. The summed E-state index contributed by atoms with van der Waals surface area (Å²) in [4.78, 5) is 0. The number of nitrogens with one attached hydrogen (secondary N) is 1. The zero-order valence-corrected chi connectivity index (χ0v) is 9.46. The highest BCUT2D eigenvalue weighted by Crippen LogP contribution is 2.10. The van der Waals surface area contributed by atoms with Crippen LogP contribution in [-0.2, 0) is 0 Å². The molecule has 1 saturated heterocycles. The summed E-state index contributed by atoms with van der Waals surface area (Å²) >= 11 is 11.0. The fourth-order valence-electron chi connectivity index (χ4n) is 0.320. The van der Waals surface area contributed by atoms with Crippen LogP contribution in [0.4, 0.5) is 0 Å². The third-order valence-electron chi connectivity index (χ3n) is 0.584. The summed E-state index contributed by atoms with van der Waals surface area (Å²) < 4.78 is 1.76. The monoisotopic (exact) mass is 207 g/mol. The van der Waals surface area contributed by atoms with Gasteiger partial charge in [-0.2, -0.15) is 0 Å². The molecule has 11 heavy (non-hydrogen) atoms. The maximum atomic E-state index is 4.81. The highest BCUT2D eigenvalue weighted by molar-refractivity contribution is 8.38. The lowest BCUT2D eigenvalue weighted by atomic mass is 10.3. The van der Waals surface area contributed by atoms with Crippen LogP contribution in [0.15, 0.2) is 0 Å². The molecule has 64 valence electrons. The summed E-state index contributed by atoms with van der Waals surface area (Å²) in [5, 5.41) is 2.92. The molecule has 1 nitrogen and oxygen atoms in total. The van der Waals surface area contributed by atoms with Gasteiger partial charge in [0.1, 0.15) is 4.32 Å². The summed E-state index contributed by atoms with van der Waals surface area (Å²) in [6, 6.07) is 0. The van der Waals surface area contributed by atoms with Gasteiger partial charge in [0.05, 0.1) is 10.7 Å². The van der Waals surface area contributed by atoms with E-state index >= 15 is 0 Å². The van der Waals surface area contributed by atoms with Gasteiger partial charge in [0, 0.05) is 0 Å². The Labute approximate surface area is 83.3 Å². The van der Waals surface area contributed by atoms with Crippen LogP contribution in [-0.4, -0.2) is 15.1 Å². The molecule has 0 radical (unpaired) electrons. The van der Waals surface area contributed by atoms with Gasteiger partial charge in [0.25, 0.3) is 0 Å². The van der Waals surface area contributed by atoms with E-state index in [0.717, 1.165) is 21.0 Å². The molecule has 0 saturated carbocycles. The smallest absolute Gasteiger partial charge is 0.139 e.